The van der Waals surface area contributed by atoms with E-state index < -0.39 is 66.0 Å². The van der Waals surface area contributed by atoms with Gasteiger partial charge in [0.15, 0.2) is 6.10 Å². The molecule has 0 spiro atoms. The number of carbonyl (C=O) groups is 6. The van der Waals surface area contributed by atoms with Crippen LogP contribution in [0, 0.1) is 5.92 Å². The predicted octanol–water partition coefficient (Wildman–Crippen LogP) is 7.70. The van der Waals surface area contributed by atoms with E-state index in [2.05, 4.69) is 21.3 Å². The first-order valence-corrected chi connectivity index (χ1v) is 21.8. The van der Waals surface area contributed by atoms with Crippen LogP contribution in [-0.4, -0.2) is 79.1 Å². The normalized spacial score (nSPS) is 13.7. The molecule has 346 valence electrons. The summed E-state index contributed by atoms with van der Waals surface area (Å²) < 4.78 is 27.9. The molecule has 0 aromatic heterocycles. The number of hydrogen-bond acceptors (Lipinski definition) is 11. The van der Waals surface area contributed by atoms with E-state index in [1.165, 1.54) is 6.92 Å². The first kappa shape index (κ1) is 49.1. The molecular weight excluding hydrogens is 833 g/mol. The number of nitrogens with one attached hydrogen (secondary N) is 4. The fraction of sp³-hybridized carbons (Fsp3) is 0.400. The maximum absolute atomic E-state index is 14.3. The fourth-order valence-corrected chi connectivity index (χ4v) is 7.23. The third-order valence-corrected chi connectivity index (χ3v) is 10.3. The maximum Gasteiger partial charge on any atom is 0.408 e. The molecule has 5 rings (SSSR count). The number of benzene rings is 4. The lowest BCUT2D eigenvalue weighted by atomic mass is 9.98. The largest absolute Gasteiger partial charge is 0.459 e. The van der Waals surface area contributed by atoms with Crippen LogP contribution in [0.1, 0.15) is 89.0 Å². The first-order valence-electron chi connectivity index (χ1n) is 21.8. The Balaban J connectivity index is 1.31. The van der Waals surface area contributed by atoms with E-state index in [0.29, 0.717) is 0 Å². The fourth-order valence-electron chi connectivity index (χ4n) is 7.23. The quantitative estimate of drug-likeness (QED) is 0.0386. The molecule has 65 heavy (non-hydrogen) atoms. The predicted molar refractivity (Wildman–Crippen MR) is 242 cm³/mol. The van der Waals surface area contributed by atoms with Gasteiger partial charge < -0.3 is 45.0 Å². The van der Waals surface area contributed by atoms with E-state index in [9.17, 15) is 28.8 Å². The van der Waals surface area contributed by atoms with Crippen LogP contribution < -0.4 is 21.3 Å². The second-order valence-electron chi connectivity index (χ2n) is 17.2. The molecule has 0 aliphatic heterocycles. The van der Waals surface area contributed by atoms with Gasteiger partial charge in [0, 0.05) is 12.5 Å². The SMILES string of the molecule is CC(C)C[C@H](NC(=O)C(OC(=O)[C@H](CCCNC(=O)OCc1ccccc1)NC(=O)OC(C)(C)C)[C@H](C)NC(=O)OCC1c2ccccc2-c2ccccc21)C(=O)OCc1ccccc1. The van der Waals surface area contributed by atoms with Gasteiger partial charge >= 0.3 is 30.2 Å². The van der Waals surface area contributed by atoms with Crippen molar-refractivity contribution in [3.63, 3.8) is 0 Å². The number of carbonyl (C=O) groups excluding carboxylic acids is 6. The summed E-state index contributed by atoms with van der Waals surface area (Å²) in [7, 11) is 0. The molecule has 15 nitrogen and oxygen atoms in total. The van der Waals surface area contributed by atoms with Crippen molar-refractivity contribution in [1.82, 2.24) is 21.3 Å². The monoisotopic (exact) mass is 892 g/mol. The van der Waals surface area contributed by atoms with Crippen molar-refractivity contribution in [2.24, 2.45) is 5.92 Å². The van der Waals surface area contributed by atoms with Crippen LogP contribution in [0.4, 0.5) is 14.4 Å². The van der Waals surface area contributed by atoms with Crippen molar-refractivity contribution in [2.45, 2.75) is 110 Å². The summed E-state index contributed by atoms with van der Waals surface area (Å²) in [5.41, 5.74) is 4.70. The van der Waals surface area contributed by atoms with Crippen LogP contribution in [-0.2, 0) is 51.3 Å². The third kappa shape index (κ3) is 15.4. The summed E-state index contributed by atoms with van der Waals surface area (Å²) in [6.45, 7) is 10.2. The lowest BCUT2D eigenvalue weighted by Gasteiger charge is -2.29. The Bertz CT molecular complexity index is 2180. The Morgan fingerprint density at radius 2 is 1.15 bits per heavy atom. The molecular formula is C50H60N4O11. The Kier molecular flexibility index (Phi) is 17.9. The van der Waals surface area contributed by atoms with E-state index in [1.807, 2.05) is 111 Å². The molecule has 0 radical (unpaired) electrons. The van der Waals surface area contributed by atoms with Crippen molar-refractivity contribution >= 4 is 36.1 Å². The molecule has 1 aliphatic carbocycles. The van der Waals surface area contributed by atoms with Crippen LogP contribution in [0.25, 0.3) is 11.1 Å². The number of ether oxygens (including phenoxy) is 5. The zero-order valence-corrected chi connectivity index (χ0v) is 37.8. The summed E-state index contributed by atoms with van der Waals surface area (Å²) in [6.07, 6.45) is -3.98. The molecule has 4 aromatic carbocycles. The molecule has 0 saturated carbocycles. The Labute approximate surface area is 380 Å². The van der Waals surface area contributed by atoms with Gasteiger partial charge in [0.05, 0.1) is 6.04 Å². The van der Waals surface area contributed by atoms with Gasteiger partial charge in [-0.05, 0) is 86.3 Å². The minimum absolute atomic E-state index is 0.0251. The van der Waals surface area contributed by atoms with Crippen molar-refractivity contribution in [2.75, 3.05) is 13.2 Å². The lowest BCUT2D eigenvalue weighted by molar-refractivity contribution is -0.161. The number of amides is 4. The molecule has 15 heteroatoms. The summed E-state index contributed by atoms with van der Waals surface area (Å²) in [4.78, 5) is 80.8. The standard InChI is InChI=1S/C50H60N4O11/c1-32(2)28-42(45(56)61-29-34-18-9-7-10-19-34)53-44(55)43(33(3)52-48(59)63-31-40-38-24-15-13-22-36(38)37-23-14-16-25-39(37)40)64-46(57)41(54-49(60)65-50(4,5)6)26-17-27-51-47(58)62-30-35-20-11-8-12-21-35/h7-16,18-25,32-33,40-43H,17,26-31H2,1-6H3,(H,51,58)(H,52,59)(H,53,55)(H,54,60)/t33-,41-,42-,43?/m0/s1. The van der Waals surface area contributed by atoms with Gasteiger partial charge in [-0.3, -0.25) is 4.79 Å². The van der Waals surface area contributed by atoms with Gasteiger partial charge in [0.2, 0.25) is 0 Å². The highest BCUT2D eigenvalue weighted by Gasteiger charge is 2.37. The smallest absolute Gasteiger partial charge is 0.408 e. The summed E-state index contributed by atoms with van der Waals surface area (Å²) >= 11 is 0. The van der Waals surface area contributed by atoms with Gasteiger partial charge in [-0.15, -0.1) is 0 Å². The summed E-state index contributed by atoms with van der Waals surface area (Å²) in [5.74, 6) is -2.99. The number of hydrogen-bond donors (Lipinski definition) is 4. The highest BCUT2D eigenvalue weighted by molar-refractivity contribution is 5.90. The van der Waals surface area contributed by atoms with Gasteiger partial charge in [0.1, 0.15) is 37.5 Å². The van der Waals surface area contributed by atoms with Crippen LogP contribution in [0.5, 0.6) is 0 Å². The third-order valence-electron chi connectivity index (χ3n) is 10.3. The molecule has 0 heterocycles. The second kappa shape index (κ2) is 23.7. The van der Waals surface area contributed by atoms with Gasteiger partial charge in [-0.2, -0.15) is 0 Å². The molecule has 0 saturated heterocycles. The molecule has 4 amide bonds. The Morgan fingerprint density at radius 3 is 1.72 bits per heavy atom. The second-order valence-corrected chi connectivity index (χ2v) is 17.2. The zero-order chi connectivity index (χ0) is 46.9. The van der Waals surface area contributed by atoms with E-state index in [1.54, 1.807) is 32.9 Å². The molecule has 4 aromatic rings. The topological polar surface area (TPSA) is 197 Å². The number of esters is 2. The molecule has 4 atom stereocenters. The van der Waals surface area contributed by atoms with E-state index >= 15 is 0 Å². The van der Waals surface area contributed by atoms with Gasteiger partial charge in [-0.1, -0.05) is 123 Å². The van der Waals surface area contributed by atoms with E-state index in [0.717, 1.165) is 33.4 Å². The Hall–Kier alpha value is -6.90. The van der Waals surface area contributed by atoms with Gasteiger partial charge in [0.25, 0.3) is 5.91 Å². The number of fused-ring (bicyclic) bond motifs is 3. The zero-order valence-electron chi connectivity index (χ0n) is 37.8. The summed E-state index contributed by atoms with van der Waals surface area (Å²) in [6, 6.07) is 30.1. The lowest BCUT2D eigenvalue weighted by Crippen LogP contribution is -2.56. The minimum atomic E-state index is -1.74. The molecule has 1 aliphatic rings. The molecule has 4 N–H and O–H groups in total. The van der Waals surface area contributed by atoms with E-state index in [-0.39, 0.29) is 57.5 Å². The highest BCUT2D eigenvalue weighted by atomic mass is 16.6. The van der Waals surface area contributed by atoms with Gasteiger partial charge in [-0.25, -0.2) is 24.0 Å². The van der Waals surface area contributed by atoms with Crippen molar-refractivity contribution in [3.05, 3.63) is 131 Å². The first-order chi connectivity index (χ1) is 31.1. The average Bonchev–Trinajstić information content (AvgIpc) is 3.59. The van der Waals surface area contributed by atoms with Crippen LogP contribution in [0.2, 0.25) is 0 Å². The van der Waals surface area contributed by atoms with E-state index in [4.69, 9.17) is 23.7 Å². The van der Waals surface area contributed by atoms with Crippen LogP contribution in [0.15, 0.2) is 109 Å². The van der Waals surface area contributed by atoms with Crippen molar-refractivity contribution < 1.29 is 52.5 Å². The molecule has 0 bridgehead atoms. The molecule has 1 unspecified atom stereocenters. The van der Waals surface area contributed by atoms with Crippen molar-refractivity contribution in [1.29, 1.82) is 0 Å². The Morgan fingerprint density at radius 1 is 0.600 bits per heavy atom. The maximum atomic E-state index is 14.3. The van der Waals surface area contributed by atoms with Crippen molar-refractivity contribution in [3.8, 4) is 11.1 Å². The summed E-state index contributed by atoms with van der Waals surface area (Å²) in [5, 5.41) is 10.5. The highest BCUT2D eigenvalue weighted by Crippen LogP contribution is 2.44. The van der Waals surface area contributed by atoms with Crippen LogP contribution >= 0.6 is 0 Å². The average molecular weight is 893 g/mol. The molecule has 0 fully saturated rings. The van der Waals surface area contributed by atoms with Crippen LogP contribution in [0.3, 0.4) is 0 Å². The number of alkyl carbamates (subject to hydrolysis) is 3. The minimum Gasteiger partial charge on any atom is -0.459 e. The number of rotatable bonds is 20.